The van der Waals surface area contributed by atoms with Crippen LogP contribution in [0.4, 0.5) is 0 Å². The van der Waals surface area contributed by atoms with E-state index in [0.717, 1.165) is 25.7 Å². The Labute approximate surface area is 152 Å². The number of allylic oxidation sites excluding steroid dienone is 3. The minimum absolute atomic E-state index is 0.259. The molecule has 25 heavy (non-hydrogen) atoms. The molecule has 5 heteroatoms. The lowest BCUT2D eigenvalue weighted by Crippen LogP contribution is -2.39. The largest absolute Gasteiger partial charge is 0.480 e. The van der Waals surface area contributed by atoms with E-state index in [9.17, 15) is 14.7 Å². The molecular formula is C20H35NO4. The monoisotopic (exact) mass is 353 g/mol. The van der Waals surface area contributed by atoms with Crippen LogP contribution >= 0.6 is 0 Å². The fraction of sp³-hybridized carbons (Fsp3) is 0.700. The maximum Gasteiger partial charge on any atom is 0.328 e. The fourth-order valence-corrected chi connectivity index (χ4v) is 2.42. The number of aliphatic hydroxyl groups excluding tert-OH is 1. The molecule has 144 valence electrons. The number of carbonyl (C=O) groups excluding carboxylic acids is 1. The Morgan fingerprint density at radius 3 is 2.00 bits per heavy atom. The van der Waals surface area contributed by atoms with E-state index < -0.39 is 23.9 Å². The number of aliphatic hydroxyl groups is 1. The first-order valence-corrected chi connectivity index (χ1v) is 9.49. The number of hydrogen-bond acceptors (Lipinski definition) is 4. The molecule has 5 nitrogen and oxygen atoms in total. The van der Waals surface area contributed by atoms with Crippen LogP contribution in [-0.4, -0.2) is 34.1 Å². The van der Waals surface area contributed by atoms with E-state index in [4.69, 9.17) is 10.8 Å². The van der Waals surface area contributed by atoms with Crippen molar-refractivity contribution in [3.05, 3.63) is 24.3 Å². The van der Waals surface area contributed by atoms with Crippen molar-refractivity contribution >= 4 is 11.8 Å². The molecule has 0 spiro atoms. The first kappa shape index (κ1) is 23.5. The van der Waals surface area contributed by atoms with Gasteiger partial charge in [-0.3, -0.25) is 9.59 Å². The topological polar surface area (TPSA) is 101 Å². The van der Waals surface area contributed by atoms with Crippen molar-refractivity contribution in [1.29, 1.82) is 0 Å². The zero-order chi connectivity index (χ0) is 18.9. The molecule has 0 aliphatic rings. The SMILES string of the molecule is CCCCCCC/C=C/CCCC/C=C/[C@H](O)CC(=O)[C@H](N)C(=O)O. The third-order valence-corrected chi connectivity index (χ3v) is 4.01. The molecule has 0 bridgehead atoms. The molecule has 4 N–H and O–H groups in total. The summed E-state index contributed by atoms with van der Waals surface area (Å²) in [7, 11) is 0. The first-order valence-electron chi connectivity index (χ1n) is 9.49. The molecule has 0 radical (unpaired) electrons. The summed E-state index contributed by atoms with van der Waals surface area (Å²) in [6.45, 7) is 2.23. The lowest BCUT2D eigenvalue weighted by molar-refractivity contribution is -0.142. The number of rotatable bonds is 16. The third-order valence-electron chi connectivity index (χ3n) is 4.01. The molecule has 0 fully saturated rings. The number of Topliss-reactive ketones (excluding diaryl/α,β-unsaturated/α-hetero) is 1. The molecule has 0 heterocycles. The van der Waals surface area contributed by atoms with Gasteiger partial charge in [0.15, 0.2) is 11.8 Å². The second-order valence-electron chi connectivity index (χ2n) is 6.44. The smallest absolute Gasteiger partial charge is 0.328 e. The maximum atomic E-state index is 11.4. The second kappa shape index (κ2) is 16.0. The van der Waals surface area contributed by atoms with Crippen molar-refractivity contribution in [3.8, 4) is 0 Å². The van der Waals surface area contributed by atoms with Crippen molar-refractivity contribution in [2.45, 2.75) is 89.7 Å². The standard InChI is InChI=1S/C20H35NO4/c1-2-3-4-5-6-7-8-9-10-11-12-13-14-15-17(22)16-18(23)19(21)20(24)25/h8-9,14-15,17,19,22H,2-7,10-13,16,21H2,1H3,(H,24,25)/b9-8+,15-14+/t17-,19-/m0/s1. The maximum absolute atomic E-state index is 11.4. The average molecular weight is 354 g/mol. The van der Waals surface area contributed by atoms with E-state index >= 15 is 0 Å². The normalized spacial score (nSPS) is 14.2. The number of aliphatic carboxylic acids is 1. The summed E-state index contributed by atoms with van der Waals surface area (Å²) in [5.74, 6) is -2.03. The summed E-state index contributed by atoms with van der Waals surface area (Å²) < 4.78 is 0. The van der Waals surface area contributed by atoms with Crippen molar-refractivity contribution < 1.29 is 19.8 Å². The van der Waals surface area contributed by atoms with E-state index in [0.29, 0.717) is 0 Å². The molecule has 2 atom stereocenters. The molecule has 0 aromatic carbocycles. The van der Waals surface area contributed by atoms with Gasteiger partial charge in [-0.1, -0.05) is 56.9 Å². The predicted molar refractivity (Wildman–Crippen MR) is 101 cm³/mol. The van der Waals surface area contributed by atoms with Crippen LogP contribution in [-0.2, 0) is 9.59 Å². The van der Waals surface area contributed by atoms with Gasteiger partial charge in [-0.05, 0) is 38.5 Å². The van der Waals surface area contributed by atoms with Gasteiger partial charge in [-0.15, -0.1) is 0 Å². The van der Waals surface area contributed by atoms with Crippen LogP contribution in [0.3, 0.4) is 0 Å². The Morgan fingerprint density at radius 1 is 0.920 bits per heavy atom. The highest BCUT2D eigenvalue weighted by Gasteiger charge is 2.22. The molecule has 0 saturated heterocycles. The second-order valence-corrected chi connectivity index (χ2v) is 6.44. The zero-order valence-corrected chi connectivity index (χ0v) is 15.5. The highest BCUT2D eigenvalue weighted by atomic mass is 16.4. The minimum Gasteiger partial charge on any atom is -0.480 e. The summed E-state index contributed by atoms with van der Waals surface area (Å²) in [6.07, 6.45) is 18.4. The predicted octanol–water partition coefficient (Wildman–Crippen LogP) is 3.75. The minimum atomic E-state index is -1.55. The van der Waals surface area contributed by atoms with Gasteiger partial charge >= 0.3 is 5.97 Å². The van der Waals surface area contributed by atoms with Crippen molar-refractivity contribution in [3.63, 3.8) is 0 Å². The number of carboxylic acids is 1. The lowest BCUT2D eigenvalue weighted by atomic mass is 10.1. The van der Waals surface area contributed by atoms with Gasteiger partial charge in [0, 0.05) is 6.42 Å². The summed E-state index contributed by atoms with van der Waals surface area (Å²) in [5.41, 5.74) is 5.19. The van der Waals surface area contributed by atoms with Crippen LogP contribution < -0.4 is 5.73 Å². The van der Waals surface area contributed by atoms with Crippen LogP contribution in [0.5, 0.6) is 0 Å². The van der Waals surface area contributed by atoms with E-state index in [1.807, 2.05) is 6.08 Å². The number of ketones is 1. The first-order chi connectivity index (χ1) is 12.0. The number of nitrogens with two attached hydrogens (primary N) is 1. The Balaban J connectivity index is 3.59. The summed E-state index contributed by atoms with van der Waals surface area (Å²) in [5, 5.41) is 18.3. The molecule has 0 amide bonds. The summed E-state index contributed by atoms with van der Waals surface area (Å²) >= 11 is 0. The van der Waals surface area contributed by atoms with Crippen LogP contribution in [0, 0.1) is 0 Å². The number of hydrogen-bond donors (Lipinski definition) is 3. The van der Waals surface area contributed by atoms with Gasteiger partial charge in [0.2, 0.25) is 0 Å². The Hall–Kier alpha value is -1.46. The fourth-order valence-electron chi connectivity index (χ4n) is 2.42. The summed E-state index contributed by atoms with van der Waals surface area (Å²) in [6, 6.07) is -1.55. The molecule has 0 aromatic heterocycles. The Bertz CT molecular complexity index is 418. The number of carbonyl (C=O) groups is 2. The highest BCUT2D eigenvalue weighted by Crippen LogP contribution is 2.07. The lowest BCUT2D eigenvalue weighted by Gasteiger charge is -2.07. The average Bonchev–Trinajstić information content (AvgIpc) is 2.58. The van der Waals surface area contributed by atoms with Crippen LogP contribution in [0.1, 0.15) is 77.6 Å². The van der Waals surface area contributed by atoms with Crippen LogP contribution in [0.25, 0.3) is 0 Å². The zero-order valence-electron chi connectivity index (χ0n) is 15.5. The molecule has 0 rings (SSSR count). The number of unbranched alkanes of at least 4 members (excludes halogenated alkanes) is 8. The van der Waals surface area contributed by atoms with Crippen molar-refractivity contribution in [2.75, 3.05) is 0 Å². The van der Waals surface area contributed by atoms with Gasteiger partial charge in [0.1, 0.15) is 0 Å². The van der Waals surface area contributed by atoms with Gasteiger partial charge in [0.25, 0.3) is 0 Å². The van der Waals surface area contributed by atoms with Gasteiger partial charge in [-0.2, -0.15) is 0 Å². The van der Waals surface area contributed by atoms with E-state index in [-0.39, 0.29) is 6.42 Å². The molecule has 0 saturated carbocycles. The van der Waals surface area contributed by atoms with Gasteiger partial charge in [0.05, 0.1) is 6.10 Å². The Kier molecular flexibility index (Phi) is 15.1. The quantitative estimate of drug-likeness (QED) is 0.223. The molecule has 0 aromatic rings. The third kappa shape index (κ3) is 14.6. The molecule has 0 aliphatic heterocycles. The van der Waals surface area contributed by atoms with E-state index in [1.165, 1.54) is 38.5 Å². The summed E-state index contributed by atoms with van der Waals surface area (Å²) in [4.78, 5) is 22.0. The molecule has 0 unspecified atom stereocenters. The van der Waals surface area contributed by atoms with Crippen molar-refractivity contribution in [1.82, 2.24) is 0 Å². The Morgan fingerprint density at radius 2 is 1.44 bits per heavy atom. The van der Waals surface area contributed by atoms with Crippen LogP contribution in [0.15, 0.2) is 24.3 Å². The van der Waals surface area contributed by atoms with Gasteiger partial charge in [-0.25, -0.2) is 0 Å². The van der Waals surface area contributed by atoms with Crippen LogP contribution in [0.2, 0.25) is 0 Å². The van der Waals surface area contributed by atoms with Crippen molar-refractivity contribution in [2.24, 2.45) is 5.73 Å². The van der Waals surface area contributed by atoms with E-state index in [1.54, 1.807) is 6.08 Å². The highest BCUT2D eigenvalue weighted by molar-refractivity contribution is 6.02. The molecular weight excluding hydrogens is 318 g/mol. The van der Waals surface area contributed by atoms with Gasteiger partial charge < -0.3 is 15.9 Å². The number of carboxylic acid groups (broad SMARTS) is 1. The van der Waals surface area contributed by atoms with E-state index in [2.05, 4.69) is 19.1 Å². The molecule has 0 aliphatic carbocycles.